The van der Waals surface area contributed by atoms with Gasteiger partial charge in [0.2, 0.25) is 0 Å². The van der Waals surface area contributed by atoms with Crippen LogP contribution in [-0.2, 0) is 0 Å². The lowest BCUT2D eigenvalue weighted by Crippen LogP contribution is -2.10. The predicted octanol–water partition coefficient (Wildman–Crippen LogP) is 5.81. The van der Waals surface area contributed by atoms with E-state index < -0.39 is 0 Å². The second-order valence-corrected chi connectivity index (χ2v) is 7.79. The molecular weight excluding hydrogens is 348 g/mol. The first-order valence-electron chi connectivity index (χ1n) is 9.54. The normalized spacial score (nSPS) is 11.0. The third kappa shape index (κ3) is 3.73. The second kappa shape index (κ2) is 8.19. The summed E-state index contributed by atoms with van der Waals surface area (Å²) < 4.78 is 12.1. The molecule has 142 valence electrons. The number of hydrogen-bond acceptors (Lipinski definition) is 4. The van der Waals surface area contributed by atoms with Crippen molar-refractivity contribution in [3.05, 3.63) is 47.5 Å². The molecule has 0 bridgehead atoms. The highest BCUT2D eigenvalue weighted by molar-refractivity contribution is 6.06. The highest BCUT2D eigenvalue weighted by Gasteiger charge is 2.23. The molecule has 3 rings (SSSR count). The van der Waals surface area contributed by atoms with Crippen molar-refractivity contribution in [3.63, 3.8) is 0 Å². The smallest absolute Gasteiger partial charge is 0.146 e. The molecule has 0 saturated heterocycles. The van der Waals surface area contributed by atoms with Crippen molar-refractivity contribution in [2.45, 2.75) is 27.7 Å². The number of ether oxygens (including phenoxy) is 2. The minimum absolute atomic E-state index is 0.240. The summed E-state index contributed by atoms with van der Waals surface area (Å²) in [5, 5.41) is 23.4. The summed E-state index contributed by atoms with van der Waals surface area (Å²) in [6.07, 6.45) is 0. The van der Waals surface area contributed by atoms with Gasteiger partial charge < -0.3 is 9.47 Å². The van der Waals surface area contributed by atoms with E-state index in [-0.39, 0.29) is 11.1 Å². The van der Waals surface area contributed by atoms with Gasteiger partial charge in [0.05, 0.1) is 13.2 Å². The Labute approximate surface area is 165 Å². The summed E-state index contributed by atoms with van der Waals surface area (Å²) in [7, 11) is 0. The first kappa shape index (κ1) is 19.5. The first-order chi connectivity index (χ1) is 13.5. The van der Waals surface area contributed by atoms with Crippen LogP contribution < -0.4 is 9.47 Å². The van der Waals surface area contributed by atoms with E-state index in [4.69, 9.17) is 9.47 Å². The van der Waals surface area contributed by atoms with Crippen LogP contribution in [0.3, 0.4) is 0 Å². The standard InChI is InChI=1S/C24H24N2O2/c1-15(2)13-27-23-19-9-17-7-5-6-8-18(17)10-20(19)24(28-14-16(3)4)22(12-26)21(23)11-25/h5-10,15-16H,13-14H2,1-4H3. The van der Waals surface area contributed by atoms with Crippen LogP contribution in [-0.4, -0.2) is 13.2 Å². The van der Waals surface area contributed by atoms with E-state index in [1.807, 2.05) is 36.4 Å². The highest BCUT2D eigenvalue weighted by atomic mass is 16.5. The van der Waals surface area contributed by atoms with E-state index >= 15 is 0 Å². The van der Waals surface area contributed by atoms with Gasteiger partial charge in [-0.3, -0.25) is 0 Å². The molecule has 4 nitrogen and oxygen atoms in total. The number of nitrogens with zero attached hydrogens (tertiary/aromatic N) is 2. The minimum atomic E-state index is 0.240. The molecule has 0 amide bonds. The fourth-order valence-corrected chi connectivity index (χ4v) is 3.13. The van der Waals surface area contributed by atoms with Crippen LogP contribution >= 0.6 is 0 Å². The van der Waals surface area contributed by atoms with Crippen molar-refractivity contribution in [1.29, 1.82) is 10.5 Å². The third-order valence-electron chi connectivity index (χ3n) is 4.42. The lowest BCUT2D eigenvalue weighted by molar-refractivity contribution is 0.267. The van der Waals surface area contributed by atoms with Crippen molar-refractivity contribution < 1.29 is 9.47 Å². The van der Waals surface area contributed by atoms with Crippen molar-refractivity contribution in [2.24, 2.45) is 11.8 Å². The zero-order valence-electron chi connectivity index (χ0n) is 16.7. The quantitative estimate of drug-likeness (QED) is 0.512. The molecule has 0 N–H and O–H groups in total. The molecule has 0 aliphatic rings. The van der Waals surface area contributed by atoms with Crippen molar-refractivity contribution in [1.82, 2.24) is 0 Å². The van der Waals surface area contributed by atoms with Gasteiger partial charge in [0.15, 0.2) is 0 Å². The van der Waals surface area contributed by atoms with Crippen molar-refractivity contribution in [2.75, 3.05) is 13.2 Å². The number of benzene rings is 3. The number of hydrogen-bond donors (Lipinski definition) is 0. The molecule has 0 saturated carbocycles. The van der Waals surface area contributed by atoms with Gasteiger partial charge >= 0.3 is 0 Å². The molecule has 0 radical (unpaired) electrons. The van der Waals surface area contributed by atoms with Crippen LogP contribution in [0.1, 0.15) is 38.8 Å². The summed E-state index contributed by atoms with van der Waals surface area (Å²) >= 11 is 0. The molecule has 0 aliphatic carbocycles. The molecule has 0 unspecified atom stereocenters. The van der Waals surface area contributed by atoms with Gasteiger partial charge in [0.1, 0.15) is 34.8 Å². The molecular formula is C24H24N2O2. The Balaban J connectivity index is 2.39. The van der Waals surface area contributed by atoms with Crippen molar-refractivity contribution >= 4 is 21.5 Å². The molecule has 0 heterocycles. The molecule has 28 heavy (non-hydrogen) atoms. The summed E-state index contributed by atoms with van der Waals surface area (Å²) in [6, 6.07) is 16.4. The monoisotopic (exact) mass is 372 g/mol. The van der Waals surface area contributed by atoms with Gasteiger partial charge in [-0.25, -0.2) is 0 Å². The molecule has 0 spiro atoms. The fourth-order valence-electron chi connectivity index (χ4n) is 3.13. The average Bonchev–Trinajstić information content (AvgIpc) is 2.68. The van der Waals surface area contributed by atoms with Crippen molar-refractivity contribution in [3.8, 4) is 23.6 Å². The van der Waals surface area contributed by atoms with Crippen LogP contribution in [0.2, 0.25) is 0 Å². The molecule has 4 heteroatoms. The Morgan fingerprint density at radius 3 is 1.46 bits per heavy atom. The van der Waals surface area contributed by atoms with Gasteiger partial charge in [-0.1, -0.05) is 52.0 Å². The van der Waals surface area contributed by atoms with E-state index in [0.717, 1.165) is 21.5 Å². The zero-order valence-corrected chi connectivity index (χ0v) is 16.7. The molecule has 3 aromatic rings. The summed E-state index contributed by atoms with van der Waals surface area (Å²) in [6.45, 7) is 9.13. The van der Waals surface area contributed by atoms with Gasteiger partial charge in [0.25, 0.3) is 0 Å². The maximum atomic E-state index is 9.83. The van der Waals surface area contributed by atoms with Crippen LogP contribution in [0.25, 0.3) is 21.5 Å². The van der Waals surface area contributed by atoms with Crippen LogP contribution in [0.4, 0.5) is 0 Å². The molecule has 0 aromatic heterocycles. The minimum Gasteiger partial charge on any atom is -0.491 e. The number of fused-ring (bicyclic) bond motifs is 2. The Hall–Kier alpha value is -3.24. The molecule has 0 atom stereocenters. The maximum Gasteiger partial charge on any atom is 0.146 e. The SMILES string of the molecule is CC(C)COc1c(C#N)c(C#N)c(OCC(C)C)c2cc3ccccc3cc12. The molecule has 3 aromatic carbocycles. The van der Waals surface area contributed by atoms with E-state index in [2.05, 4.69) is 39.8 Å². The van der Waals surface area contributed by atoms with E-state index in [9.17, 15) is 10.5 Å². The molecule has 0 fully saturated rings. The zero-order chi connectivity index (χ0) is 20.3. The number of rotatable bonds is 6. The van der Waals surface area contributed by atoms with Gasteiger partial charge in [-0.2, -0.15) is 10.5 Å². The summed E-state index contributed by atoms with van der Waals surface area (Å²) in [5.74, 6) is 1.52. The van der Waals surface area contributed by atoms with E-state index in [1.165, 1.54) is 0 Å². The van der Waals surface area contributed by atoms with Gasteiger partial charge in [-0.05, 0) is 34.7 Å². The van der Waals surface area contributed by atoms with E-state index in [1.54, 1.807) is 0 Å². The lowest BCUT2D eigenvalue weighted by atomic mass is 9.96. The number of nitriles is 2. The maximum absolute atomic E-state index is 9.83. The first-order valence-corrected chi connectivity index (χ1v) is 9.54. The predicted molar refractivity (Wildman–Crippen MR) is 112 cm³/mol. The average molecular weight is 372 g/mol. The second-order valence-electron chi connectivity index (χ2n) is 7.79. The fraction of sp³-hybridized carbons (Fsp3) is 0.333. The van der Waals surface area contributed by atoms with Crippen LogP contribution in [0, 0.1) is 34.5 Å². The Kier molecular flexibility index (Phi) is 5.71. The van der Waals surface area contributed by atoms with Gasteiger partial charge in [0, 0.05) is 10.8 Å². The topological polar surface area (TPSA) is 66.0 Å². The van der Waals surface area contributed by atoms with E-state index in [0.29, 0.717) is 36.5 Å². The van der Waals surface area contributed by atoms with Crippen LogP contribution in [0.15, 0.2) is 36.4 Å². The van der Waals surface area contributed by atoms with Crippen LogP contribution in [0.5, 0.6) is 11.5 Å². The Morgan fingerprint density at radius 2 is 1.14 bits per heavy atom. The summed E-state index contributed by atoms with van der Waals surface area (Å²) in [5.41, 5.74) is 0.481. The lowest BCUT2D eigenvalue weighted by Gasteiger charge is -2.19. The molecule has 0 aliphatic heterocycles. The Bertz CT molecular complexity index is 1010. The largest absolute Gasteiger partial charge is 0.491 e. The third-order valence-corrected chi connectivity index (χ3v) is 4.42. The Morgan fingerprint density at radius 1 is 0.750 bits per heavy atom. The summed E-state index contributed by atoms with van der Waals surface area (Å²) in [4.78, 5) is 0. The van der Waals surface area contributed by atoms with Gasteiger partial charge in [-0.15, -0.1) is 0 Å². The highest BCUT2D eigenvalue weighted by Crippen LogP contribution is 2.42.